The maximum Gasteiger partial charge on any atom is 0.225 e. The maximum absolute atomic E-state index is 11.9. The molecule has 9 nitrogen and oxygen atoms in total. The molecule has 0 bridgehead atoms. The van der Waals surface area contributed by atoms with E-state index in [9.17, 15) is 13.2 Å². The fourth-order valence-electron chi connectivity index (χ4n) is 3.25. The lowest BCUT2D eigenvalue weighted by molar-refractivity contribution is -0.117. The van der Waals surface area contributed by atoms with Crippen molar-refractivity contribution in [3.63, 3.8) is 0 Å². The molecule has 26 heavy (non-hydrogen) atoms. The Kier molecular flexibility index (Phi) is 3.79. The van der Waals surface area contributed by atoms with Crippen LogP contribution in [0.2, 0.25) is 0 Å². The van der Waals surface area contributed by atoms with Crippen molar-refractivity contribution in [3.8, 4) is 11.5 Å². The van der Waals surface area contributed by atoms with E-state index in [4.69, 9.17) is 5.73 Å². The summed E-state index contributed by atoms with van der Waals surface area (Å²) in [6, 6.07) is 5.38. The van der Waals surface area contributed by atoms with E-state index in [0.717, 1.165) is 11.0 Å². The third kappa shape index (κ3) is 2.96. The van der Waals surface area contributed by atoms with E-state index in [2.05, 4.69) is 15.1 Å². The van der Waals surface area contributed by atoms with Gasteiger partial charge in [-0.05, 0) is 24.6 Å². The Bertz CT molecular complexity index is 1110. The first-order valence-electron chi connectivity index (χ1n) is 8.19. The summed E-state index contributed by atoms with van der Waals surface area (Å²) in [6.45, 7) is 0. The third-order valence-electron chi connectivity index (χ3n) is 4.51. The number of carbonyl (C=O) groups is 1. The summed E-state index contributed by atoms with van der Waals surface area (Å²) >= 11 is 0. The van der Waals surface area contributed by atoms with Crippen LogP contribution < -0.4 is 5.73 Å². The molecule has 3 aromatic heterocycles. The van der Waals surface area contributed by atoms with Gasteiger partial charge >= 0.3 is 0 Å². The number of hydrogen-bond acceptors (Lipinski definition) is 6. The molecule has 1 aliphatic heterocycles. The molecule has 10 heteroatoms. The number of primary amides is 1. The zero-order valence-corrected chi connectivity index (χ0v) is 15.0. The van der Waals surface area contributed by atoms with Crippen LogP contribution in [-0.2, 0) is 28.1 Å². The number of aromatic nitrogens is 5. The number of nitrogens with two attached hydrogens (primary N) is 1. The summed E-state index contributed by atoms with van der Waals surface area (Å²) in [7, 11) is -1.20. The highest BCUT2D eigenvalue weighted by atomic mass is 32.2. The van der Waals surface area contributed by atoms with Gasteiger partial charge in [0, 0.05) is 18.6 Å². The number of sulfone groups is 1. The molecular weight excluding hydrogens is 356 g/mol. The van der Waals surface area contributed by atoms with Crippen molar-refractivity contribution in [1.29, 1.82) is 0 Å². The van der Waals surface area contributed by atoms with E-state index >= 15 is 0 Å². The van der Waals surface area contributed by atoms with E-state index < -0.39 is 15.7 Å². The first kappa shape index (κ1) is 16.7. The van der Waals surface area contributed by atoms with Crippen molar-refractivity contribution in [1.82, 2.24) is 24.3 Å². The maximum atomic E-state index is 11.9. The zero-order valence-electron chi connectivity index (χ0n) is 14.2. The van der Waals surface area contributed by atoms with Gasteiger partial charge < -0.3 is 10.3 Å². The number of carbonyl (C=O) groups excluding carboxylic acids is 1. The van der Waals surface area contributed by atoms with Gasteiger partial charge in [-0.2, -0.15) is 5.10 Å². The van der Waals surface area contributed by atoms with Crippen LogP contribution in [0.3, 0.4) is 0 Å². The van der Waals surface area contributed by atoms with Crippen molar-refractivity contribution < 1.29 is 13.2 Å². The zero-order chi connectivity index (χ0) is 18.5. The molecule has 0 aliphatic carbocycles. The Morgan fingerprint density at radius 3 is 2.81 bits per heavy atom. The normalized spacial score (nSPS) is 19.2. The second kappa shape index (κ2) is 5.90. The van der Waals surface area contributed by atoms with E-state index in [-0.39, 0.29) is 29.8 Å². The average Bonchev–Trinajstić information content (AvgIpc) is 3.24. The molecule has 0 saturated carbocycles. The number of rotatable bonds is 4. The number of fused-ring (bicyclic) bond motifs is 1. The van der Waals surface area contributed by atoms with Crippen LogP contribution >= 0.6 is 0 Å². The van der Waals surface area contributed by atoms with Crippen molar-refractivity contribution in [2.45, 2.75) is 18.9 Å². The predicted octanol–water partition coefficient (Wildman–Crippen LogP) is 0.219. The highest BCUT2D eigenvalue weighted by Gasteiger charge is 2.32. The van der Waals surface area contributed by atoms with Gasteiger partial charge in [0.25, 0.3) is 0 Å². The smallest absolute Gasteiger partial charge is 0.225 e. The topological polar surface area (TPSA) is 126 Å². The van der Waals surface area contributed by atoms with Gasteiger partial charge in [-0.3, -0.25) is 4.79 Å². The molecule has 3 aromatic rings. The predicted molar refractivity (Wildman–Crippen MR) is 94.9 cm³/mol. The van der Waals surface area contributed by atoms with Crippen LogP contribution in [0, 0.1) is 0 Å². The molecule has 2 N–H and O–H groups in total. The Hall–Kier alpha value is -2.75. The molecule has 1 fully saturated rings. The molecule has 1 atom stereocenters. The van der Waals surface area contributed by atoms with Crippen LogP contribution in [0.1, 0.15) is 18.3 Å². The van der Waals surface area contributed by atoms with Crippen LogP contribution in [-0.4, -0.2) is 50.1 Å². The molecule has 1 aliphatic rings. The third-order valence-corrected chi connectivity index (χ3v) is 6.26. The van der Waals surface area contributed by atoms with Crippen LogP contribution in [0.4, 0.5) is 0 Å². The Labute approximate surface area is 149 Å². The van der Waals surface area contributed by atoms with E-state index in [1.807, 2.05) is 36.0 Å². The first-order valence-corrected chi connectivity index (χ1v) is 10.0. The molecule has 1 amide bonds. The molecule has 4 heterocycles. The molecule has 1 unspecified atom stereocenters. The van der Waals surface area contributed by atoms with Crippen LogP contribution in [0.5, 0.6) is 0 Å². The van der Waals surface area contributed by atoms with Crippen molar-refractivity contribution in [2.24, 2.45) is 12.8 Å². The lowest BCUT2D eigenvalue weighted by atomic mass is 10.2. The molecule has 136 valence electrons. The van der Waals surface area contributed by atoms with Gasteiger partial charge in [0.05, 0.1) is 24.0 Å². The monoisotopic (exact) mass is 374 g/mol. The van der Waals surface area contributed by atoms with Gasteiger partial charge in [0.15, 0.2) is 21.5 Å². The fraction of sp³-hybridized carbons (Fsp3) is 0.375. The number of aryl methyl sites for hydroxylation is 1. The minimum atomic E-state index is -3.09. The second-order valence-electron chi connectivity index (χ2n) is 6.53. The molecule has 0 spiro atoms. The van der Waals surface area contributed by atoms with Gasteiger partial charge in [-0.25, -0.2) is 23.1 Å². The van der Waals surface area contributed by atoms with Gasteiger partial charge in [-0.1, -0.05) is 0 Å². The average molecular weight is 374 g/mol. The molecule has 4 rings (SSSR count). The van der Waals surface area contributed by atoms with Crippen molar-refractivity contribution in [3.05, 3.63) is 30.2 Å². The standard InChI is InChI=1S/C16H18N6O3S/c1-21-6-4-10-2-3-12(18-15(10)21)16-19-14(8-13(17)23)20-22(16)11-5-7-26(24,25)9-11/h2-4,6,11H,5,7-9H2,1H3,(H2,17,23). The molecular formula is C16H18N6O3S. The summed E-state index contributed by atoms with van der Waals surface area (Å²) < 4.78 is 27.2. The van der Waals surface area contributed by atoms with Crippen molar-refractivity contribution in [2.75, 3.05) is 11.5 Å². The SMILES string of the molecule is Cn1ccc2ccc(-c3nc(CC(N)=O)nn3C3CCS(=O)(=O)C3)nc21. The largest absolute Gasteiger partial charge is 0.369 e. The molecule has 0 aromatic carbocycles. The minimum Gasteiger partial charge on any atom is -0.369 e. The fourth-order valence-corrected chi connectivity index (χ4v) is 4.95. The second-order valence-corrected chi connectivity index (χ2v) is 8.76. The van der Waals surface area contributed by atoms with Crippen LogP contribution in [0.15, 0.2) is 24.4 Å². The number of pyridine rings is 1. The van der Waals surface area contributed by atoms with E-state index in [0.29, 0.717) is 17.9 Å². The summed E-state index contributed by atoms with van der Waals surface area (Å²) in [5.41, 5.74) is 6.62. The van der Waals surface area contributed by atoms with Gasteiger partial charge in [0.2, 0.25) is 5.91 Å². The highest BCUT2D eigenvalue weighted by molar-refractivity contribution is 7.91. The Morgan fingerprint density at radius 1 is 1.31 bits per heavy atom. The van der Waals surface area contributed by atoms with E-state index in [1.165, 1.54) is 0 Å². The lowest BCUT2D eigenvalue weighted by Crippen LogP contribution is -2.16. The van der Waals surface area contributed by atoms with Gasteiger partial charge in [-0.15, -0.1) is 0 Å². The Balaban J connectivity index is 1.83. The number of amides is 1. The number of hydrogen-bond donors (Lipinski definition) is 1. The quantitative estimate of drug-likeness (QED) is 0.696. The lowest BCUT2D eigenvalue weighted by Gasteiger charge is -2.11. The summed E-state index contributed by atoms with van der Waals surface area (Å²) in [4.78, 5) is 20.3. The van der Waals surface area contributed by atoms with Gasteiger partial charge in [0.1, 0.15) is 11.3 Å². The van der Waals surface area contributed by atoms with E-state index in [1.54, 1.807) is 4.68 Å². The molecule has 1 saturated heterocycles. The Morgan fingerprint density at radius 2 is 2.12 bits per heavy atom. The number of nitrogens with zero attached hydrogens (tertiary/aromatic N) is 5. The molecule has 0 radical (unpaired) electrons. The summed E-state index contributed by atoms with van der Waals surface area (Å²) in [5, 5.41) is 5.35. The summed E-state index contributed by atoms with van der Waals surface area (Å²) in [6.07, 6.45) is 2.27. The van der Waals surface area contributed by atoms with Crippen molar-refractivity contribution >= 4 is 26.8 Å². The van der Waals surface area contributed by atoms with Crippen LogP contribution in [0.25, 0.3) is 22.6 Å². The minimum absolute atomic E-state index is 0.00572. The summed E-state index contributed by atoms with van der Waals surface area (Å²) in [5.74, 6) is 0.300. The first-order chi connectivity index (χ1) is 12.3. The highest BCUT2D eigenvalue weighted by Crippen LogP contribution is 2.28.